The minimum atomic E-state index is -0.533. The molecule has 1 aliphatic rings. The minimum Gasteiger partial charge on any atom is -0.495 e. The van der Waals surface area contributed by atoms with Gasteiger partial charge in [-0.3, -0.25) is 24.5 Å². The third kappa shape index (κ3) is 6.26. The van der Waals surface area contributed by atoms with Crippen molar-refractivity contribution in [2.24, 2.45) is 0 Å². The normalized spacial score (nSPS) is 12.9. The summed E-state index contributed by atoms with van der Waals surface area (Å²) in [6, 6.07) is 24.7. The Labute approximate surface area is 251 Å². The van der Waals surface area contributed by atoms with Gasteiger partial charge in [-0.1, -0.05) is 35.5 Å². The summed E-state index contributed by atoms with van der Waals surface area (Å²) >= 11 is 1.13. The zero-order valence-electron chi connectivity index (χ0n) is 23.4. The van der Waals surface area contributed by atoms with Gasteiger partial charge < -0.3 is 15.4 Å². The quantitative estimate of drug-likeness (QED) is 0.128. The third-order valence-corrected chi connectivity index (χ3v) is 7.71. The first-order chi connectivity index (χ1) is 20.6. The van der Waals surface area contributed by atoms with Crippen molar-refractivity contribution in [3.8, 4) is 5.75 Å². The Bertz CT molecular complexity index is 1770. The summed E-state index contributed by atoms with van der Waals surface area (Å²) in [5.41, 5.74) is 3.70. The van der Waals surface area contributed by atoms with Crippen LogP contribution in [0.4, 0.5) is 22.7 Å². The predicted molar refractivity (Wildman–Crippen MR) is 165 cm³/mol. The van der Waals surface area contributed by atoms with Crippen LogP contribution >= 0.6 is 11.8 Å². The fourth-order valence-electron chi connectivity index (χ4n) is 4.36. The van der Waals surface area contributed by atoms with E-state index in [0.29, 0.717) is 27.7 Å². The number of hydrogen-bond acceptors (Lipinski definition) is 8. The number of non-ortho nitro benzene ring substituents is 1. The Morgan fingerprint density at radius 3 is 2.14 bits per heavy atom. The number of thioether (sulfide) groups is 1. The molecular weight excluding hydrogens is 568 g/mol. The zero-order chi connectivity index (χ0) is 30.7. The number of amides is 3. The van der Waals surface area contributed by atoms with Gasteiger partial charge in [0.05, 0.1) is 23.4 Å². The fourth-order valence-corrected chi connectivity index (χ4v) is 5.29. The molecule has 2 N–H and O–H groups in total. The van der Waals surface area contributed by atoms with E-state index in [4.69, 9.17) is 4.74 Å². The van der Waals surface area contributed by atoms with Gasteiger partial charge in [-0.05, 0) is 80.1 Å². The van der Waals surface area contributed by atoms with Crippen LogP contribution in [-0.4, -0.2) is 29.8 Å². The first-order valence-corrected chi connectivity index (χ1v) is 13.9. The van der Waals surface area contributed by atoms with Crippen LogP contribution in [0.3, 0.4) is 0 Å². The number of nitro benzene ring substituents is 1. The van der Waals surface area contributed by atoms with Crippen LogP contribution in [0.2, 0.25) is 0 Å². The Balaban J connectivity index is 1.41. The summed E-state index contributed by atoms with van der Waals surface area (Å²) in [5.74, 6) is -0.873. The highest BCUT2D eigenvalue weighted by Gasteiger charge is 2.40. The molecule has 11 heteroatoms. The average Bonchev–Trinajstić information content (AvgIpc) is 3.22. The van der Waals surface area contributed by atoms with E-state index in [1.165, 1.54) is 31.4 Å². The van der Waals surface area contributed by atoms with Crippen LogP contribution in [-0.2, 0) is 9.59 Å². The number of ether oxygens (including phenoxy) is 1. The number of aryl methyl sites for hydroxylation is 2. The van der Waals surface area contributed by atoms with Gasteiger partial charge >= 0.3 is 0 Å². The van der Waals surface area contributed by atoms with Crippen LogP contribution < -0.4 is 20.3 Å². The molecule has 1 aliphatic heterocycles. The van der Waals surface area contributed by atoms with Crippen LogP contribution in [0.15, 0.2) is 106 Å². The van der Waals surface area contributed by atoms with E-state index in [9.17, 15) is 24.5 Å². The van der Waals surface area contributed by atoms with Crippen molar-refractivity contribution in [3.63, 3.8) is 0 Å². The minimum absolute atomic E-state index is 0.109. The maximum Gasteiger partial charge on any atom is 0.283 e. The average molecular weight is 595 g/mol. The second-order valence-electron chi connectivity index (χ2n) is 9.70. The summed E-state index contributed by atoms with van der Waals surface area (Å²) < 4.78 is 5.48. The highest BCUT2D eigenvalue weighted by Crippen LogP contribution is 2.39. The standard InChI is InChI=1S/C32H26N4O6S/c1-19-4-11-23(12-5-19)35-31(38)28(34-26-18-20(2)6-17-27(26)42-3)29(32(35)39)43-25-15-9-22(10-16-25)33-30(37)21-7-13-24(14-8-21)36(40)41/h4-18,34H,1-3H3,(H,33,37). The lowest BCUT2D eigenvalue weighted by Crippen LogP contribution is -2.32. The molecule has 0 atom stereocenters. The molecule has 0 fully saturated rings. The van der Waals surface area contributed by atoms with Crippen molar-refractivity contribution < 1.29 is 24.0 Å². The maximum absolute atomic E-state index is 13.7. The summed E-state index contributed by atoms with van der Waals surface area (Å²) in [4.78, 5) is 52.4. The summed E-state index contributed by atoms with van der Waals surface area (Å²) in [6.07, 6.45) is 0. The third-order valence-electron chi connectivity index (χ3n) is 6.62. The molecule has 0 saturated heterocycles. The van der Waals surface area contributed by atoms with E-state index < -0.39 is 22.6 Å². The van der Waals surface area contributed by atoms with Crippen molar-refractivity contribution in [2.75, 3.05) is 22.6 Å². The number of nitrogens with zero attached hydrogens (tertiary/aromatic N) is 2. The van der Waals surface area contributed by atoms with Crippen molar-refractivity contribution in [2.45, 2.75) is 18.7 Å². The number of methoxy groups -OCH3 is 1. The summed E-state index contributed by atoms with van der Waals surface area (Å²) in [5, 5.41) is 16.8. The van der Waals surface area contributed by atoms with Crippen LogP contribution in [0.1, 0.15) is 21.5 Å². The van der Waals surface area contributed by atoms with Crippen molar-refractivity contribution in [1.82, 2.24) is 0 Å². The van der Waals surface area contributed by atoms with E-state index in [2.05, 4.69) is 10.6 Å². The van der Waals surface area contributed by atoms with Crippen LogP contribution in [0.25, 0.3) is 0 Å². The molecule has 0 saturated carbocycles. The van der Waals surface area contributed by atoms with Gasteiger partial charge in [0.25, 0.3) is 23.4 Å². The molecule has 10 nitrogen and oxygen atoms in total. The van der Waals surface area contributed by atoms with Gasteiger partial charge in [-0.2, -0.15) is 0 Å². The smallest absolute Gasteiger partial charge is 0.283 e. The van der Waals surface area contributed by atoms with Crippen molar-refractivity contribution in [1.29, 1.82) is 0 Å². The van der Waals surface area contributed by atoms with Crippen LogP contribution in [0, 0.1) is 24.0 Å². The summed E-state index contributed by atoms with van der Waals surface area (Å²) in [6.45, 7) is 3.84. The molecule has 0 bridgehead atoms. The number of carbonyl (C=O) groups excluding carboxylic acids is 3. The lowest BCUT2D eigenvalue weighted by molar-refractivity contribution is -0.384. The molecule has 43 heavy (non-hydrogen) atoms. The molecular formula is C32H26N4O6S. The van der Waals surface area contributed by atoms with Gasteiger partial charge in [0.15, 0.2) is 0 Å². The number of anilines is 3. The lowest BCUT2D eigenvalue weighted by atomic mass is 10.2. The SMILES string of the molecule is COc1ccc(C)cc1NC1=C(Sc2ccc(NC(=O)c3ccc([N+](=O)[O-])cc3)cc2)C(=O)N(c2ccc(C)cc2)C1=O. The van der Waals surface area contributed by atoms with Gasteiger partial charge in [-0.15, -0.1) is 0 Å². The molecule has 0 aromatic heterocycles. The van der Waals surface area contributed by atoms with E-state index in [-0.39, 0.29) is 21.9 Å². The molecule has 0 spiro atoms. The van der Waals surface area contributed by atoms with Gasteiger partial charge in [-0.25, -0.2) is 4.90 Å². The largest absolute Gasteiger partial charge is 0.495 e. The van der Waals surface area contributed by atoms with E-state index in [1.54, 1.807) is 42.5 Å². The highest BCUT2D eigenvalue weighted by atomic mass is 32.2. The number of hydrogen-bond donors (Lipinski definition) is 2. The predicted octanol–water partition coefficient (Wildman–Crippen LogP) is 6.46. The van der Waals surface area contributed by atoms with E-state index in [0.717, 1.165) is 27.8 Å². The lowest BCUT2D eigenvalue weighted by Gasteiger charge is -2.16. The summed E-state index contributed by atoms with van der Waals surface area (Å²) in [7, 11) is 1.53. The Kier molecular flexibility index (Phi) is 8.26. The molecule has 1 heterocycles. The molecule has 0 aliphatic carbocycles. The first kappa shape index (κ1) is 29.1. The first-order valence-electron chi connectivity index (χ1n) is 13.1. The molecule has 0 unspecified atom stereocenters. The van der Waals surface area contributed by atoms with Crippen LogP contribution in [0.5, 0.6) is 5.75 Å². The Morgan fingerprint density at radius 2 is 1.51 bits per heavy atom. The van der Waals surface area contributed by atoms with Gasteiger partial charge in [0, 0.05) is 28.3 Å². The molecule has 4 aromatic carbocycles. The fraction of sp³-hybridized carbons (Fsp3) is 0.0938. The Morgan fingerprint density at radius 1 is 0.860 bits per heavy atom. The second-order valence-corrected chi connectivity index (χ2v) is 10.8. The molecule has 4 aromatic rings. The monoisotopic (exact) mass is 594 g/mol. The van der Waals surface area contributed by atoms with Crippen molar-refractivity contribution >= 4 is 52.2 Å². The maximum atomic E-state index is 13.7. The van der Waals surface area contributed by atoms with Crippen molar-refractivity contribution in [3.05, 3.63) is 128 Å². The Hall–Kier alpha value is -5.42. The molecule has 0 radical (unpaired) electrons. The number of benzene rings is 4. The number of nitro groups is 1. The zero-order valence-corrected chi connectivity index (χ0v) is 24.2. The van der Waals surface area contributed by atoms with Gasteiger partial charge in [0.1, 0.15) is 16.4 Å². The molecule has 5 rings (SSSR count). The number of carbonyl (C=O) groups is 3. The number of imide groups is 1. The second kappa shape index (κ2) is 12.2. The molecule has 3 amide bonds. The number of rotatable bonds is 9. The highest BCUT2D eigenvalue weighted by molar-refractivity contribution is 8.04. The van der Waals surface area contributed by atoms with E-state index in [1.807, 2.05) is 38.1 Å². The molecule has 216 valence electrons. The van der Waals surface area contributed by atoms with Gasteiger partial charge in [0.2, 0.25) is 0 Å². The van der Waals surface area contributed by atoms with E-state index >= 15 is 0 Å². The topological polar surface area (TPSA) is 131 Å². The number of nitrogens with one attached hydrogen (secondary N) is 2.